The zero-order chi connectivity index (χ0) is 28.1. The van der Waals surface area contributed by atoms with Gasteiger partial charge in [-0.15, -0.1) is 5.10 Å². The van der Waals surface area contributed by atoms with E-state index in [1.807, 2.05) is 24.3 Å². The molecule has 8 heteroatoms. The van der Waals surface area contributed by atoms with Crippen molar-refractivity contribution in [3.8, 4) is 17.1 Å². The minimum atomic E-state index is -0.133. The molecule has 0 radical (unpaired) electrons. The van der Waals surface area contributed by atoms with E-state index in [-0.39, 0.29) is 11.3 Å². The van der Waals surface area contributed by atoms with Crippen molar-refractivity contribution in [2.75, 3.05) is 13.2 Å². The van der Waals surface area contributed by atoms with Crippen molar-refractivity contribution in [1.82, 2.24) is 25.1 Å². The highest BCUT2D eigenvalue weighted by molar-refractivity contribution is 6.34. The summed E-state index contributed by atoms with van der Waals surface area (Å²) in [5.41, 5.74) is 2.20. The minimum Gasteiger partial charge on any atom is -0.493 e. The van der Waals surface area contributed by atoms with Crippen molar-refractivity contribution >= 4 is 23.2 Å². The molecule has 1 aromatic carbocycles. The lowest BCUT2D eigenvalue weighted by Crippen LogP contribution is -2.25. The molecule has 0 saturated heterocycles. The first-order valence-corrected chi connectivity index (χ1v) is 15.3. The predicted molar refractivity (Wildman–Crippen MR) is 161 cm³/mol. The molecule has 2 N–H and O–H groups in total. The van der Waals surface area contributed by atoms with Gasteiger partial charge in [-0.1, -0.05) is 122 Å². The van der Waals surface area contributed by atoms with Crippen LogP contribution in [0, 0.1) is 0 Å². The number of hydrogen-bond acceptors (Lipinski definition) is 4. The van der Waals surface area contributed by atoms with E-state index in [4.69, 9.17) is 16.3 Å². The smallest absolute Gasteiger partial charge is 0.223 e. The van der Waals surface area contributed by atoms with Crippen LogP contribution in [0.1, 0.15) is 117 Å². The first-order chi connectivity index (χ1) is 18.8. The highest BCUT2D eigenvalue weighted by atomic mass is 35.5. The van der Waals surface area contributed by atoms with Crippen molar-refractivity contribution in [3.63, 3.8) is 0 Å². The number of nitrogens with zero attached hydrogens (tertiary/aromatic N) is 3. The number of H-pyrrole nitrogens is 1. The van der Waals surface area contributed by atoms with Crippen LogP contribution in [0.15, 0.2) is 24.3 Å². The molecule has 0 saturated carbocycles. The van der Waals surface area contributed by atoms with Crippen molar-refractivity contribution in [3.05, 3.63) is 35.0 Å². The van der Waals surface area contributed by atoms with Crippen LogP contribution in [0.25, 0.3) is 17.0 Å². The van der Waals surface area contributed by atoms with Crippen molar-refractivity contribution in [2.45, 2.75) is 117 Å². The van der Waals surface area contributed by atoms with E-state index in [0.717, 1.165) is 24.2 Å². The van der Waals surface area contributed by atoms with Crippen LogP contribution in [0.4, 0.5) is 0 Å². The summed E-state index contributed by atoms with van der Waals surface area (Å²) >= 11 is 6.56. The Balaban J connectivity index is 1.29. The van der Waals surface area contributed by atoms with E-state index in [1.54, 1.807) is 4.63 Å². The van der Waals surface area contributed by atoms with Gasteiger partial charge in [0.15, 0.2) is 11.5 Å². The lowest BCUT2D eigenvalue weighted by Gasteiger charge is -2.16. The van der Waals surface area contributed by atoms with Gasteiger partial charge in [0.05, 0.1) is 18.7 Å². The number of ether oxygens (including phenoxy) is 1. The molecule has 0 spiro atoms. The van der Waals surface area contributed by atoms with Gasteiger partial charge in [0.1, 0.15) is 10.8 Å². The molecule has 3 rings (SSSR count). The Hall–Kier alpha value is -2.54. The normalized spacial score (nSPS) is 11.8. The Morgan fingerprint density at radius 3 is 2.26 bits per heavy atom. The maximum absolute atomic E-state index is 12.2. The number of amides is 1. The van der Waals surface area contributed by atoms with Crippen LogP contribution in [0.3, 0.4) is 0 Å². The third-order valence-corrected chi connectivity index (χ3v) is 7.39. The van der Waals surface area contributed by atoms with Crippen molar-refractivity contribution < 1.29 is 9.53 Å². The average molecular weight is 558 g/mol. The van der Waals surface area contributed by atoms with Crippen molar-refractivity contribution in [2.24, 2.45) is 0 Å². The summed E-state index contributed by atoms with van der Waals surface area (Å²) in [5.74, 6) is 1.28. The first-order valence-electron chi connectivity index (χ1n) is 14.9. The van der Waals surface area contributed by atoms with Crippen LogP contribution in [0.2, 0.25) is 5.02 Å². The van der Waals surface area contributed by atoms with E-state index < -0.39 is 0 Å². The lowest BCUT2D eigenvalue weighted by atomic mass is 9.92. The number of nitrogens with one attached hydrogen (secondary N) is 2. The maximum Gasteiger partial charge on any atom is 0.223 e. The largest absolute Gasteiger partial charge is 0.493 e. The molecule has 39 heavy (non-hydrogen) atoms. The van der Waals surface area contributed by atoms with Crippen LogP contribution in [0.5, 0.6) is 5.75 Å². The van der Waals surface area contributed by atoms with E-state index in [9.17, 15) is 4.79 Å². The molecule has 0 fully saturated rings. The molecule has 2 aromatic heterocycles. The topological polar surface area (TPSA) is 84.3 Å². The average Bonchev–Trinajstić information content (AvgIpc) is 3.46. The van der Waals surface area contributed by atoms with Crippen LogP contribution < -0.4 is 10.1 Å². The highest BCUT2D eigenvalue weighted by Crippen LogP contribution is 2.32. The zero-order valence-corrected chi connectivity index (χ0v) is 25.2. The fourth-order valence-electron chi connectivity index (χ4n) is 4.69. The maximum atomic E-state index is 12.2. The Morgan fingerprint density at radius 2 is 1.64 bits per heavy atom. The molecule has 0 aliphatic heterocycles. The quantitative estimate of drug-likeness (QED) is 0.154. The number of benzene rings is 1. The number of unbranched alkanes of at least 4 members (excludes halogenated alkanes) is 11. The number of aromatic nitrogens is 4. The Bertz CT molecular complexity index is 1150. The zero-order valence-electron chi connectivity index (χ0n) is 24.5. The second-order valence-corrected chi connectivity index (χ2v) is 12.0. The summed E-state index contributed by atoms with van der Waals surface area (Å²) in [6.07, 6.45) is 16.1. The third-order valence-electron chi connectivity index (χ3n) is 7.03. The Morgan fingerprint density at radius 1 is 1.00 bits per heavy atom. The first kappa shape index (κ1) is 31.0. The molecular weight excluding hydrogens is 510 g/mol. The van der Waals surface area contributed by atoms with Gasteiger partial charge in [-0.2, -0.15) is 4.63 Å². The summed E-state index contributed by atoms with van der Waals surface area (Å²) in [7, 11) is 0. The second-order valence-electron chi connectivity index (χ2n) is 11.6. The second kappa shape index (κ2) is 15.9. The number of fused-ring (bicyclic) bond motifs is 1. The fraction of sp³-hybridized carbons (Fsp3) is 0.645. The number of rotatable bonds is 18. The Kier molecular flexibility index (Phi) is 12.6. The molecule has 0 unspecified atom stereocenters. The molecule has 1 amide bonds. The summed E-state index contributed by atoms with van der Waals surface area (Å²) < 4.78 is 7.46. The number of carbonyl (C=O) groups excluding carboxylic acids is 1. The van der Waals surface area contributed by atoms with E-state index in [0.29, 0.717) is 35.3 Å². The highest BCUT2D eigenvalue weighted by Gasteiger charge is 2.24. The van der Waals surface area contributed by atoms with Gasteiger partial charge in [-0.3, -0.25) is 9.89 Å². The molecule has 0 aliphatic carbocycles. The molecule has 0 aliphatic rings. The number of carbonyl (C=O) groups is 1. The van der Waals surface area contributed by atoms with Crippen LogP contribution in [-0.4, -0.2) is 38.9 Å². The minimum absolute atomic E-state index is 0.0311. The van der Waals surface area contributed by atoms with Crippen molar-refractivity contribution in [1.29, 1.82) is 0 Å². The summed E-state index contributed by atoms with van der Waals surface area (Å²) in [6, 6.07) is 7.59. The monoisotopic (exact) mass is 557 g/mol. The SMILES string of the molecule is CCCCCCCCCCCCCCNC(=O)CCOc1cccc(-c2nc3c(Cl)c(C(C)(C)C)[nH]n3n2)c1. The van der Waals surface area contributed by atoms with Gasteiger partial charge in [0.25, 0.3) is 0 Å². The third kappa shape index (κ3) is 10.2. The molecule has 3 aromatic rings. The molecule has 0 bridgehead atoms. The van der Waals surface area contributed by atoms with Gasteiger partial charge >= 0.3 is 0 Å². The molecule has 7 nitrogen and oxygen atoms in total. The molecule has 216 valence electrons. The number of halogens is 1. The summed E-state index contributed by atoms with van der Waals surface area (Å²) in [5, 5.41) is 11.4. The fourth-order valence-corrected chi connectivity index (χ4v) is 5.13. The van der Waals surface area contributed by atoms with E-state index in [1.165, 1.54) is 70.6 Å². The van der Waals surface area contributed by atoms with Gasteiger partial charge in [-0.25, -0.2) is 4.98 Å². The molecule has 2 heterocycles. The number of aromatic amines is 1. The standard InChI is InChI=1S/C31H48ClN5O2/c1-5-6-7-8-9-10-11-12-13-14-15-16-21-33-26(38)20-22-39-25-19-17-18-24(23-25)29-34-30-27(32)28(31(2,3)4)35-37(30)36-29/h17-19,23,35H,5-16,20-22H2,1-4H3,(H,33,38). The summed E-state index contributed by atoms with van der Waals surface area (Å²) in [4.78, 5) is 16.8. The number of hydrogen-bond donors (Lipinski definition) is 2. The predicted octanol–water partition coefficient (Wildman–Crippen LogP) is 8.26. The van der Waals surface area contributed by atoms with E-state index >= 15 is 0 Å². The Labute approximate surface area is 239 Å². The van der Waals surface area contributed by atoms with Gasteiger partial charge in [0, 0.05) is 17.5 Å². The lowest BCUT2D eigenvalue weighted by molar-refractivity contribution is -0.121. The molecular formula is C31H48ClN5O2. The van der Waals surface area contributed by atoms with Gasteiger partial charge < -0.3 is 10.1 Å². The van der Waals surface area contributed by atoms with E-state index in [2.05, 4.69) is 48.2 Å². The van der Waals surface area contributed by atoms with Gasteiger partial charge in [-0.05, 0) is 18.6 Å². The van der Waals surface area contributed by atoms with Gasteiger partial charge in [0.2, 0.25) is 5.91 Å². The van der Waals surface area contributed by atoms with Crippen LogP contribution >= 0.6 is 11.6 Å². The summed E-state index contributed by atoms with van der Waals surface area (Å²) in [6.45, 7) is 9.60. The molecule has 0 atom stereocenters. The van der Waals surface area contributed by atoms with Crippen LogP contribution in [-0.2, 0) is 10.2 Å².